The molecule has 166 valence electrons. The van der Waals surface area contributed by atoms with Crippen LogP contribution in [0.1, 0.15) is 36.2 Å². The number of benzene rings is 3. The van der Waals surface area contributed by atoms with Crippen LogP contribution >= 0.6 is 0 Å². The molecule has 0 aliphatic rings. The van der Waals surface area contributed by atoms with Crippen molar-refractivity contribution in [3.63, 3.8) is 0 Å². The van der Waals surface area contributed by atoms with Gasteiger partial charge in [0.2, 0.25) is 5.91 Å². The maximum Gasteiger partial charge on any atom is 0.251 e. The first-order chi connectivity index (χ1) is 15.5. The molecule has 1 atom stereocenters. The number of hydrogen-bond acceptors (Lipinski definition) is 4. The van der Waals surface area contributed by atoms with Gasteiger partial charge >= 0.3 is 0 Å². The number of carbonyl (C=O) groups excluding carboxylic acids is 2. The number of nitrogens with one attached hydrogen (secondary N) is 3. The zero-order valence-corrected chi connectivity index (χ0v) is 18.4. The van der Waals surface area contributed by atoms with E-state index in [1.54, 1.807) is 24.3 Å². The molecule has 3 aromatic rings. The van der Waals surface area contributed by atoms with Crippen molar-refractivity contribution >= 4 is 23.2 Å². The molecule has 0 heterocycles. The van der Waals surface area contributed by atoms with Crippen LogP contribution in [0.5, 0.6) is 5.75 Å². The van der Waals surface area contributed by atoms with E-state index >= 15 is 0 Å². The van der Waals surface area contributed by atoms with Crippen LogP contribution in [0.2, 0.25) is 0 Å². The van der Waals surface area contributed by atoms with E-state index in [1.807, 2.05) is 61.5 Å². The van der Waals surface area contributed by atoms with Gasteiger partial charge in [-0.2, -0.15) is 0 Å². The van der Waals surface area contributed by atoms with Crippen molar-refractivity contribution in [1.82, 2.24) is 5.32 Å². The molecule has 3 N–H and O–H groups in total. The fourth-order valence-electron chi connectivity index (χ4n) is 2.97. The monoisotopic (exact) mass is 431 g/mol. The summed E-state index contributed by atoms with van der Waals surface area (Å²) in [7, 11) is 0. The smallest absolute Gasteiger partial charge is 0.251 e. The highest BCUT2D eigenvalue weighted by Crippen LogP contribution is 2.19. The van der Waals surface area contributed by atoms with Crippen molar-refractivity contribution in [3.8, 4) is 5.75 Å². The van der Waals surface area contributed by atoms with Crippen LogP contribution in [0.3, 0.4) is 0 Å². The van der Waals surface area contributed by atoms with Crippen LogP contribution in [0.4, 0.5) is 11.4 Å². The minimum Gasteiger partial charge on any atom is -0.491 e. The highest BCUT2D eigenvalue weighted by molar-refractivity contribution is 5.96. The Labute approximate surface area is 189 Å². The Bertz CT molecular complexity index is 1020. The molecule has 0 aliphatic carbocycles. The van der Waals surface area contributed by atoms with E-state index in [4.69, 9.17) is 4.74 Å². The average molecular weight is 432 g/mol. The second-order valence-corrected chi connectivity index (χ2v) is 7.51. The summed E-state index contributed by atoms with van der Waals surface area (Å²) in [5, 5.41) is 8.82. The van der Waals surface area contributed by atoms with E-state index in [-0.39, 0.29) is 24.5 Å². The lowest BCUT2D eigenvalue weighted by Gasteiger charge is -2.14. The Morgan fingerprint density at radius 3 is 2.38 bits per heavy atom. The molecule has 0 fully saturated rings. The molecular weight excluding hydrogens is 402 g/mol. The van der Waals surface area contributed by atoms with Gasteiger partial charge in [0, 0.05) is 29.5 Å². The Hall–Kier alpha value is -3.80. The van der Waals surface area contributed by atoms with Crippen LogP contribution in [0, 0.1) is 0 Å². The number of anilines is 2. The van der Waals surface area contributed by atoms with Gasteiger partial charge in [-0.15, -0.1) is 0 Å². The van der Waals surface area contributed by atoms with Gasteiger partial charge in [0.05, 0.1) is 12.6 Å². The Morgan fingerprint density at radius 2 is 1.66 bits per heavy atom. The minimum absolute atomic E-state index is 0.117. The van der Waals surface area contributed by atoms with Crippen molar-refractivity contribution in [3.05, 3.63) is 90.0 Å². The van der Waals surface area contributed by atoms with Gasteiger partial charge in [-0.05, 0) is 55.3 Å². The molecule has 3 rings (SSSR count). The van der Waals surface area contributed by atoms with Gasteiger partial charge in [0.25, 0.3) is 5.91 Å². The number of hydrogen-bond donors (Lipinski definition) is 3. The van der Waals surface area contributed by atoms with Crippen molar-refractivity contribution in [2.24, 2.45) is 0 Å². The van der Waals surface area contributed by atoms with Crippen LogP contribution in [0.15, 0.2) is 78.9 Å². The first-order valence-corrected chi connectivity index (χ1v) is 10.8. The Kier molecular flexibility index (Phi) is 8.26. The molecule has 0 saturated heterocycles. The van der Waals surface area contributed by atoms with E-state index < -0.39 is 0 Å². The van der Waals surface area contributed by atoms with Gasteiger partial charge in [0.1, 0.15) is 5.75 Å². The van der Waals surface area contributed by atoms with Crippen molar-refractivity contribution < 1.29 is 14.3 Å². The lowest BCUT2D eigenvalue weighted by Crippen LogP contribution is -2.23. The maximum absolute atomic E-state index is 12.3. The largest absolute Gasteiger partial charge is 0.491 e. The lowest BCUT2D eigenvalue weighted by molar-refractivity contribution is -0.114. The Morgan fingerprint density at radius 1 is 0.906 bits per heavy atom. The molecule has 6 heteroatoms. The highest BCUT2D eigenvalue weighted by Gasteiger charge is 2.08. The van der Waals surface area contributed by atoms with E-state index in [1.165, 1.54) is 0 Å². The lowest BCUT2D eigenvalue weighted by atomic mass is 10.1. The first kappa shape index (κ1) is 22.9. The molecular formula is C26H29N3O3. The summed E-state index contributed by atoms with van der Waals surface area (Å²) in [5.41, 5.74) is 3.01. The van der Waals surface area contributed by atoms with Gasteiger partial charge in [-0.1, -0.05) is 43.3 Å². The third-order valence-electron chi connectivity index (χ3n) is 4.93. The highest BCUT2D eigenvalue weighted by atomic mass is 16.5. The van der Waals surface area contributed by atoms with Crippen LogP contribution < -0.4 is 20.7 Å². The summed E-state index contributed by atoms with van der Waals surface area (Å²) in [6.45, 7) is 4.67. The number of amides is 2. The minimum atomic E-state index is -0.181. The number of carbonyl (C=O) groups is 2. The summed E-state index contributed by atoms with van der Waals surface area (Å²) in [6, 6.07) is 24.1. The molecule has 3 aromatic carbocycles. The summed E-state index contributed by atoms with van der Waals surface area (Å²) in [6.07, 6.45) is 1.06. The van der Waals surface area contributed by atoms with E-state index in [0.29, 0.717) is 17.8 Å². The van der Waals surface area contributed by atoms with Crippen molar-refractivity contribution in [2.75, 3.05) is 17.2 Å². The Balaban J connectivity index is 1.46. The van der Waals surface area contributed by atoms with E-state index in [2.05, 4.69) is 22.9 Å². The van der Waals surface area contributed by atoms with Crippen molar-refractivity contribution in [2.45, 2.75) is 32.9 Å². The molecule has 0 aromatic heterocycles. The van der Waals surface area contributed by atoms with Gasteiger partial charge in [0.15, 0.2) is 0 Å². The van der Waals surface area contributed by atoms with E-state index in [9.17, 15) is 9.59 Å². The molecule has 0 spiro atoms. The zero-order chi connectivity index (χ0) is 22.8. The summed E-state index contributed by atoms with van der Waals surface area (Å²) >= 11 is 0. The van der Waals surface area contributed by atoms with Crippen LogP contribution in [-0.4, -0.2) is 24.5 Å². The topological polar surface area (TPSA) is 79.5 Å². The van der Waals surface area contributed by atoms with Crippen molar-refractivity contribution in [1.29, 1.82) is 0 Å². The van der Waals surface area contributed by atoms with E-state index in [0.717, 1.165) is 23.4 Å². The fourth-order valence-corrected chi connectivity index (χ4v) is 2.97. The molecule has 6 nitrogen and oxygen atoms in total. The van der Waals surface area contributed by atoms with Crippen LogP contribution in [0.25, 0.3) is 0 Å². The predicted octanol–water partition coefficient (Wildman–Crippen LogP) is 4.84. The standard InChI is InChI=1S/C26H29N3O3/c1-3-19(2)32-24-11-7-10-23(16-24)27-18-25(30)29-22-14-12-21(13-15-22)26(31)28-17-20-8-5-4-6-9-20/h4-16,19,27H,3,17-18H2,1-2H3,(H,28,31)(H,29,30). The second-order valence-electron chi connectivity index (χ2n) is 7.51. The zero-order valence-electron chi connectivity index (χ0n) is 18.4. The van der Waals surface area contributed by atoms with Gasteiger partial charge in [-0.3, -0.25) is 9.59 Å². The second kappa shape index (κ2) is 11.6. The summed E-state index contributed by atoms with van der Waals surface area (Å²) < 4.78 is 5.81. The predicted molar refractivity (Wildman–Crippen MR) is 128 cm³/mol. The number of ether oxygens (including phenoxy) is 1. The molecule has 2 amide bonds. The molecule has 32 heavy (non-hydrogen) atoms. The molecule has 1 unspecified atom stereocenters. The van der Waals surface area contributed by atoms with Crippen LogP contribution in [-0.2, 0) is 11.3 Å². The third kappa shape index (κ3) is 7.16. The average Bonchev–Trinajstić information content (AvgIpc) is 2.82. The molecule has 0 saturated carbocycles. The molecule has 0 bridgehead atoms. The first-order valence-electron chi connectivity index (χ1n) is 10.8. The van der Waals surface area contributed by atoms with Gasteiger partial charge < -0.3 is 20.7 Å². The molecule has 0 radical (unpaired) electrons. The maximum atomic E-state index is 12.3. The quantitative estimate of drug-likeness (QED) is 0.429. The summed E-state index contributed by atoms with van der Waals surface area (Å²) in [5.74, 6) is 0.429. The third-order valence-corrected chi connectivity index (χ3v) is 4.93. The summed E-state index contributed by atoms with van der Waals surface area (Å²) in [4.78, 5) is 24.6. The fraction of sp³-hybridized carbons (Fsp3) is 0.231. The molecule has 0 aliphatic heterocycles. The number of rotatable bonds is 10. The SMILES string of the molecule is CCC(C)Oc1cccc(NCC(=O)Nc2ccc(C(=O)NCc3ccccc3)cc2)c1. The van der Waals surface area contributed by atoms with Gasteiger partial charge in [-0.25, -0.2) is 0 Å². The normalized spacial score (nSPS) is 11.3.